The minimum atomic E-state index is -1.03. The first kappa shape index (κ1) is 10.1. The zero-order valence-corrected chi connectivity index (χ0v) is 8.38. The number of hydrogen-bond donors (Lipinski definition) is 0. The zero-order chi connectivity index (χ0) is 9.30. The lowest BCUT2D eigenvalue weighted by atomic mass is 10.5. The fourth-order valence-corrected chi connectivity index (χ4v) is 1.31. The summed E-state index contributed by atoms with van der Waals surface area (Å²) in [6.07, 6.45) is 0. The Morgan fingerprint density at radius 1 is 1.25 bits per heavy atom. The average molecular weight is 249 g/mol. The minimum absolute atomic E-state index is 0.102. The number of halogens is 4. The molecule has 0 aliphatic heterocycles. The highest BCUT2D eigenvalue weighted by Gasteiger charge is 2.15. The van der Waals surface area contributed by atoms with Gasteiger partial charge in [0.25, 0.3) is 0 Å². The first-order valence-corrected chi connectivity index (χ1v) is 4.29. The van der Waals surface area contributed by atoms with E-state index >= 15 is 0 Å². The van der Waals surface area contributed by atoms with Gasteiger partial charge >= 0.3 is 5.63 Å². The van der Waals surface area contributed by atoms with E-state index in [2.05, 4.69) is 9.40 Å². The molecular weight excluding hydrogens is 248 g/mol. The second-order valence-corrected chi connectivity index (χ2v) is 3.56. The van der Waals surface area contributed by atoms with Crippen molar-refractivity contribution >= 4 is 46.4 Å². The quantitative estimate of drug-likeness (QED) is 0.718. The van der Waals surface area contributed by atoms with Gasteiger partial charge < -0.3 is 4.42 Å². The molecule has 1 aromatic rings. The number of hydrogen-bond acceptors (Lipinski definition) is 3. The Kier molecular flexibility index (Phi) is 3.23. The third-order valence-electron chi connectivity index (χ3n) is 0.969. The van der Waals surface area contributed by atoms with Gasteiger partial charge in [-0.15, -0.1) is 0 Å². The van der Waals surface area contributed by atoms with Crippen molar-refractivity contribution in [3.8, 4) is 0 Å². The van der Waals surface area contributed by atoms with Crippen molar-refractivity contribution in [3.05, 3.63) is 26.5 Å². The molecule has 0 saturated heterocycles. The molecule has 7 heteroatoms. The van der Waals surface area contributed by atoms with Crippen molar-refractivity contribution in [3.63, 3.8) is 0 Å². The maximum Gasteiger partial charge on any atom is 0.374 e. The Morgan fingerprint density at radius 3 is 2.33 bits per heavy atom. The summed E-state index contributed by atoms with van der Waals surface area (Å²) >= 11 is 21.6. The molecule has 0 radical (unpaired) electrons. The molecule has 12 heavy (non-hydrogen) atoms. The molecule has 0 fully saturated rings. The van der Waals surface area contributed by atoms with Crippen LogP contribution in [0.25, 0.3) is 0 Å². The fourth-order valence-electron chi connectivity index (χ4n) is 0.506. The summed E-state index contributed by atoms with van der Waals surface area (Å²) in [5.41, 5.74) is -0.817. The first-order valence-electron chi connectivity index (χ1n) is 2.66. The smallest absolute Gasteiger partial charge is 0.374 e. The standard InChI is InChI=1S/C5HCl4NO2/c6-2(7)1-3(8)10-4(9)5(11)12-1/h2H. The second-order valence-electron chi connectivity index (χ2n) is 1.75. The molecule has 0 aliphatic rings. The van der Waals surface area contributed by atoms with E-state index in [0.717, 1.165) is 0 Å². The van der Waals surface area contributed by atoms with E-state index in [0.29, 0.717) is 0 Å². The molecule has 3 nitrogen and oxygen atoms in total. The predicted molar refractivity (Wildman–Crippen MR) is 47.2 cm³/mol. The molecule has 0 unspecified atom stereocenters. The van der Waals surface area contributed by atoms with Crippen LogP contribution in [0, 0.1) is 0 Å². The van der Waals surface area contributed by atoms with Gasteiger partial charge in [-0.1, -0.05) is 46.4 Å². The molecule has 0 aliphatic carbocycles. The Hall–Kier alpha value is 0.0400. The number of aromatic nitrogens is 1. The Bertz CT molecular complexity index is 348. The molecule has 0 amide bonds. The number of alkyl halides is 2. The predicted octanol–water partition coefficient (Wildman–Crippen LogP) is 2.82. The molecule has 0 aromatic carbocycles. The third-order valence-corrected chi connectivity index (χ3v) is 1.87. The van der Waals surface area contributed by atoms with Crippen LogP contribution in [0.5, 0.6) is 0 Å². The summed E-state index contributed by atoms with van der Waals surface area (Å²) < 4.78 is 4.55. The van der Waals surface area contributed by atoms with Crippen LogP contribution in [0.3, 0.4) is 0 Å². The van der Waals surface area contributed by atoms with Crippen molar-refractivity contribution in [1.82, 2.24) is 4.98 Å². The summed E-state index contributed by atoms with van der Waals surface area (Å²) in [6.45, 7) is 0. The van der Waals surface area contributed by atoms with Crippen LogP contribution < -0.4 is 5.63 Å². The van der Waals surface area contributed by atoms with Crippen LogP contribution >= 0.6 is 46.4 Å². The van der Waals surface area contributed by atoms with E-state index in [-0.39, 0.29) is 16.1 Å². The topological polar surface area (TPSA) is 43.1 Å². The highest BCUT2D eigenvalue weighted by molar-refractivity contribution is 6.45. The van der Waals surface area contributed by atoms with Gasteiger partial charge in [-0.05, 0) is 0 Å². The van der Waals surface area contributed by atoms with Crippen LogP contribution in [0.15, 0.2) is 9.21 Å². The largest absolute Gasteiger partial charge is 0.419 e. The van der Waals surface area contributed by atoms with Crippen LogP contribution in [-0.2, 0) is 0 Å². The second kappa shape index (κ2) is 3.83. The monoisotopic (exact) mass is 247 g/mol. The highest BCUT2D eigenvalue weighted by Crippen LogP contribution is 2.28. The third kappa shape index (κ3) is 2.04. The van der Waals surface area contributed by atoms with Crippen LogP contribution in [0.4, 0.5) is 0 Å². The summed E-state index contributed by atoms with van der Waals surface area (Å²) in [5, 5.41) is -0.465. The van der Waals surface area contributed by atoms with Gasteiger partial charge in [-0.3, -0.25) is 0 Å². The van der Waals surface area contributed by atoms with Crippen LogP contribution in [-0.4, -0.2) is 4.98 Å². The molecule has 0 N–H and O–H groups in total. The van der Waals surface area contributed by atoms with E-state index in [4.69, 9.17) is 46.4 Å². The van der Waals surface area contributed by atoms with Gasteiger partial charge in [-0.2, -0.15) is 0 Å². The number of nitrogens with zero attached hydrogens (tertiary/aromatic N) is 1. The normalized spacial score (nSPS) is 10.8. The van der Waals surface area contributed by atoms with Gasteiger partial charge in [0.1, 0.15) is 0 Å². The maximum atomic E-state index is 10.8. The van der Waals surface area contributed by atoms with Crippen LogP contribution in [0.2, 0.25) is 10.3 Å². The fraction of sp³-hybridized carbons (Fsp3) is 0.200. The first-order chi connectivity index (χ1) is 5.52. The van der Waals surface area contributed by atoms with E-state index < -0.39 is 10.5 Å². The molecular formula is C5HCl4NO2. The van der Waals surface area contributed by atoms with Crippen molar-refractivity contribution in [1.29, 1.82) is 0 Å². The molecule has 1 heterocycles. The van der Waals surface area contributed by atoms with E-state index in [1.165, 1.54) is 0 Å². The Labute approximate surface area is 87.2 Å². The lowest BCUT2D eigenvalue weighted by molar-refractivity contribution is 0.465. The lowest BCUT2D eigenvalue weighted by Gasteiger charge is -2.00. The van der Waals surface area contributed by atoms with E-state index in [1.54, 1.807) is 0 Å². The average Bonchev–Trinajstić information content (AvgIpc) is 1.96. The van der Waals surface area contributed by atoms with Crippen molar-refractivity contribution in [2.24, 2.45) is 0 Å². The SMILES string of the molecule is O=c1oc(C(Cl)Cl)c(Cl)nc1Cl. The molecule has 1 aromatic heterocycles. The summed E-state index contributed by atoms with van der Waals surface area (Å²) in [7, 11) is 0. The van der Waals surface area contributed by atoms with Gasteiger partial charge in [0, 0.05) is 0 Å². The van der Waals surface area contributed by atoms with Crippen molar-refractivity contribution in [2.75, 3.05) is 0 Å². The molecule has 0 atom stereocenters. The van der Waals surface area contributed by atoms with E-state index in [9.17, 15) is 4.79 Å². The zero-order valence-electron chi connectivity index (χ0n) is 5.35. The van der Waals surface area contributed by atoms with Gasteiger partial charge in [0.2, 0.25) is 5.15 Å². The van der Waals surface area contributed by atoms with Gasteiger partial charge in [0.15, 0.2) is 15.7 Å². The van der Waals surface area contributed by atoms with Gasteiger partial charge in [0.05, 0.1) is 0 Å². The highest BCUT2D eigenvalue weighted by atomic mass is 35.5. The lowest BCUT2D eigenvalue weighted by Crippen LogP contribution is -2.05. The molecule has 1 rings (SSSR count). The van der Waals surface area contributed by atoms with E-state index in [1.807, 2.05) is 0 Å². The maximum absolute atomic E-state index is 10.8. The van der Waals surface area contributed by atoms with Crippen molar-refractivity contribution in [2.45, 2.75) is 4.84 Å². The number of rotatable bonds is 1. The molecule has 66 valence electrons. The molecule has 0 saturated carbocycles. The van der Waals surface area contributed by atoms with Gasteiger partial charge in [-0.25, -0.2) is 9.78 Å². The summed E-state index contributed by atoms with van der Waals surface area (Å²) in [4.78, 5) is 13.2. The Balaban J connectivity index is 3.33. The Morgan fingerprint density at radius 2 is 1.83 bits per heavy atom. The van der Waals surface area contributed by atoms with Crippen LogP contribution in [0.1, 0.15) is 10.6 Å². The molecule has 0 bridgehead atoms. The van der Waals surface area contributed by atoms with Crippen molar-refractivity contribution < 1.29 is 4.42 Å². The minimum Gasteiger partial charge on any atom is -0.419 e. The summed E-state index contributed by atoms with van der Waals surface area (Å²) in [6, 6.07) is 0. The summed E-state index contributed by atoms with van der Waals surface area (Å²) in [5.74, 6) is -0.102. The molecule has 0 spiro atoms.